The molecule has 0 bridgehead atoms. The standard InChI is InChI=1S/C21H16N2OS2/c1-14-22-18-10-7-16(13-20(18)25-14)23-21(24)12-9-17-8-11-19(26-17)15-5-3-2-4-6-15/h2-13H,1H3,(H,23,24)/b12-9+. The zero-order valence-electron chi connectivity index (χ0n) is 14.1. The van der Waals surface area contributed by atoms with Crippen LogP contribution in [0.2, 0.25) is 0 Å². The van der Waals surface area contributed by atoms with Gasteiger partial charge in [-0.25, -0.2) is 4.98 Å². The van der Waals surface area contributed by atoms with Crippen LogP contribution in [0.3, 0.4) is 0 Å². The van der Waals surface area contributed by atoms with Crippen LogP contribution in [0.15, 0.2) is 66.7 Å². The van der Waals surface area contributed by atoms with E-state index in [0.29, 0.717) is 0 Å². The Bertz CT molecular complexity index is 1090. The van der Waals surface area contributed by atoms with Crippen molar-refractivity contribution in [2.45, 2.75) is 6.92 Å². The molecule has 0 atom stereocenters. The fourth-order valence-electron chi connectivity index (χ4n) is 2.66. The number of benzene rings is 2. The van der Waals surface area contributed by atoms with Crippen molar-refractivity contribution in [3.8, 4) is 10.4 Å². The Balaban J connectivity index is 1.44. The number of thiazole rings is 1. The lowest BCUT2D eigenvalue weighted by molar-refractivity contribution is -0.111. The number of hydrogen-bond acceptors (Lipinski definition) is 4. The molecule has 0 aliphatic heterocycles. The van der Waals surface area contributed by atoms with Gasteiger partial charge in [-0.05, 0) is 48.9 Å². The number of nitrogens with one attached hydrogen (secondary N) is 1. The van der Waals surface area contributed by atoms with E-state index in [1.54, 1.807) is 28.7 Å². The molecule has 0 aliphatic carbocycles. The highest BCUT2D eigenvalue weighted by Gasteiger charge is 2.04. The van der Waals surface area contributed by atoms with Gasteiger partial charge in [0.05, 0.1) is 15.2 Å². The second-order valence-electron chi connectivity index (χ2n) is 5.81. The maximum Gasteiger partial charge on any atom is 0.248 e. The van der Waals surface area contributed by atoms with Crippen molar-refractivity contribution < 1.29 is 4.79 Å². The van der Waals surface area contributed by atoms with Crippen LogP contribution in [-0.2, 0) is 4.79 Å². The Labute approximate surface area is 159 Å². The molecule has 0 saturated heterocycles. The fourth-order valence-corrected chi connectivity index (χ4v) is 4.44. The van der Waals surface area contributed by atoms with Crippen LogP contribution >= 0.6 is 22.7 Å². The highest BCUT2D eigenvalue weighted by atomic mass is 32.1. The molecule has 2 heterocycles. The van der Waals surface area contributed by atoms with Crippen molar-refractivity contribution in [2.75, 3.05) is 5.32 Å². The number of aryl methyl sites for hydroxylation is 1. The molecule has 26 heavy (non-hydrogen) atoms. The zero-order valence-corrected chi connectivity index (χ0v) is 15.7. The number of anilines is 1. The highest BCUT2D eigenvalue weighted by Crippen LogP contribution is 2.28. The molecule has 0 unspecified atom stereocenters. The number of fused-ring (bicyclic) bond motifs is 1. The predicted octanol–water partition coefficient (Wildman–Crippen LogP) is 5.99. The Morgan fingerprint density at radius 1 is 1.04 bits per heavy atom. The van der Waals surface area contributed by atoms with Crippen LogP contribution < -0.4 is 5.32 Å². The van der Waals surface area contributed by atoms with E-state index in [1.165, 1.54) is 10.4 Å². The van der Waals surface area contributed by atoms with E-state index in [1.807, 2.05) is 55.5 Å². The first-order chi connectivity index (χ1) is 12.7. The summed E-state index contributed by atoms with van der Waals surface area (Å²) >= 11 is 3.29. The van der Waals surface area contributed by atoms with Gasteiger partial charge in [-0.2, -0.15) is 0 Å². The summed E-state index contributed by atoms with van der Waals surface area (Å²) in [6, 6.07) is 20.1. The van der Waals surface area contributed by atoms with Crippen molar-refractivity contribution in [3.63, 3.8) is 0 Å². The van der Waals surface area contributed by atoms with E-state index < -0.39 is 0 Å². The van der Waals surface area contributed by atoms with Crippen molar-refractivity contribution in [1.82, 2.24) is 4.98 Å². The first kappa shape index (κ1) is 16.7. The molecule has 0 radical (unpaired) electrons. The van der Waals surface area contributed by atoms with Gasteiger partial charge in [0.15, 0.2) is 0 Å². The number of aromatic nitrogens is 1. The van der Waals surface area contributed by atoms with Crippen LogP contribution in [-0.4, -0.2) is 10.9 Å². The third-order valence-corrected chi connectivity index (χ3v) is 5.88. The van der Waals surface area contributed by atoms with Crippen molar-refractivity contribution in [3.05, 3.63) is 76.6 Å². The molecule has 1 N–H and O–H groups in total. The summed E-state index contributed by atoms with van der Waals surface area (Å²) in [6.45, 7) is 1.98. The number of hydrogen-bond donors (Lipinski definition) is 1. The van der Waals surface area contributed by atoms with E-state index in [-0.39, 0.29) is 5.91 Å². The average molecular weight is 377 g/mol. The molecule has 2 aromatic heterocycles. The van der Waals surface area contributed by atoms with Gasteiger partial charge in [-0.15, -0.1) is 22.7 Å². The van der Waals surface area contributed by atoms with Crippen molar-refractivity contribution >= 4 is 50.6 Å². The third-order valence-electron chi connectivity index (χ3n) is 3.85. The normalized spacial score (nSPS) is 11.3. The Morgan fingerprint density at radius 3 is 2.73 bits per heavy atom. The summed E-state index contributed by atoms with van der Waals surface area (Å²) < 4.78 is 1.08. The van der Waals surface area contributed by atoms with Crippen LogP contribution in [0.5, 0.6) is 0 Å². The fraction of sp³-hybridized carbons (Fsp3) is 0.0476. The Morgan fingerprint density at radius 2 is 1.88 bits per heavy atom. The first-order valence-corrected chi connectivity index (χ1v) is 9.82. The van der Waals surface area contributed by atoms with Crippen LogP contribution in [0.25, 0.3) is 26.7 Å². The number of nitrogens with zero attached hydrogens (tertiary/aromatic N) is 1. The van der Waals surface area contributed by atoms with E-state index in [9.17, 15) is 4.79 Å². The quantitative estimate of drug-likeness (QED) is 0.445. The van der Waals surface area contributed by atoms with Gasteiger partial charge in [-0.3, -0.25) is 4.79 Å². The summed E-state index contributed by atoms with van der Waals surface area (Å²) in [5.41, 5.74) is 2.94. The number of amides is 1. The summed E-state index contributed by atoms with van der Waals surface area (Å²) in [5.74, 6) is -0.139. The average Bonchev–Trinajstić information content (AvgIpc) is 3.26. The monoisotopic (exact) mass is 376 g/mol. The topological polar surface area (TPSA) is 42.0 Å². The molecule has 0 saturated carbocycles. The summed E-state index contributed by atoms with van der Waals surface area (Å²) in [7, 11) is 0. The lowest BCUT2D eigenvalue weighted by Crippen LogP contribution is -2.07. The molecule has 1 amide bonds. The predicted molar refractivity (Wildman–Crippen MR) is 112 cm³/mol. The number of carbonyl (C=O) groups excluding carboxylic acids is 1. The van der Waals surface area contributed by atoms with Crippen LogP contribution in [0.1, 0.15) is 9.88 Å². The van der Waals surface area contributed by atoms with E-state index in [2.05, 4.69) is 28.5 Å². The maximum atomic E-state index is 12.2. The summed E-state index contributed by atoms with van der Waals surface area (Å²) in [6.07, 6.45) is 3.42. The number of thiophene rings is 1. The molecular weight excluding hydrogens is 360 g/mol. The smallest absolute Gasteiger partial charge is 0.248 e. The molecule has 4 aromatic rings. The molecule has 4 rings (SSSR count). The minimum atomic E-state index is -0.139. The Hall–Kier alpha value is -2.76. The van der Waals surface area contributed by atoms with E-state index in [0.717, 1.165) is 25.8 Å². The number of carbonyl (C=O) groups is 1. The SMILES string of the molecule is Cc1nc2ccc(NC(=O)/C=C/c3ccc(-c4ccccc4)s3)cc2s1. The van der Waals surface area contributed by atoms with Crippen molar-refractivity contribution in [2.24, 2.45) is 0 Å². The largest absolute Gasteiger partial charge is 0.322 e. The molecule has 128 valence electrons. The molecule has 3 nitrogen and oxygen atoms in total. The van der Waals surface area contributed by atoms with Crippen LogP contribution in [0.4, 0.5) is 5.69 Å². The van der Waals surface area contributed by atoms with Gasteiger partial charge in [0.1, 0.15) is 0 Å². The third kappa shape index (κ3) is 3.74. The lowest BCUT2D eigenvalue weighted by atomic mass is 10.2. The first-order valence-electron chi connectivity index (χ1n) is 8.19. The molecular formula is C21H16N2OS2. The van der Waals surface area contributed by atoms with E-state index in [4.69, 9.17) is 0 Å². The minimum Gasteiger partial charge on any atom is -0.322 e. The van der Waals surface area contributed by atoms with Crippen molar-refractivity contribution in [1.29, 1.82) is 0 Å². The number of rotatable bonds is 4. The summed E-state index contributed by atoms with van der Waals surface area (Å²) in [4.78, 5) is 18.9. The van der Waals surface area contributed by atoms with Gasteiger partial charge >= 0.3 is 0 Å². The second-order valence-corrected chi connectivity index (χ2v) is 8.16. The molecule has 0 spiro atoms. The molecule has 0 fully saturated rings. The highest BCUT2D eigenvalue weighted by molar-refractivity contribution is 7.18. The van der Waals surface area contributed by atoms with Gasteiger partial charge in [0.25, 0.3) is 0 Å². The van der Waals surface area contributed by atoms with Gasteiger partial charge in [-0.1, -0.05) is 30.3 Å². The zero-order chi connectivity index (χ0) is 17.9. The van der Waals surface area contributed by atoms with E-state index >= 15 is 0 Å². The van der Waals surface area contributed by atoms with Gasteiger partial charge < -0.3 is 5.32 Å². The van der Waals surface area contributed by atoms with Gasteiger partial charge in [0, 0.05) is 21.5 Å². The minimum absolute atomic E-state index is 0.139. The molecule has 0 aliphatic rings. The second kappa shape index (κ2) is 7.23. The van der Waals surface area contributed by atoms with Crippen LogP contribution in [0, 0.1) is 6.92 Å². The maximum absolute atomic E-state index is 12.2. The van der Waals surface area contributed by atoms with Gasteiger partial charge in [0.2, 0.25) is 5.91 Å². The summed E-state index contributed by atoms with van der Waals surface area (Å²) in [5, 5.41) is 3.93. The lowest BCUT2D eigenvalue weighted by Gasteiger charge is -2.01. The Kier molecular flexibility index (Phi) is 4.65. The molecule has 5 heteroatoms. The molecule has 2 aromatic carbocycles.